The molecule has 4 nitrogen and oxygen atoms in total. The maximum atomic E-state index is 5.67. The minimum Gasteiger partial charge on any atom is -0.475 e. The molecule has 1 N–H and O–H groups in total. The third-order valence-corrected chi connectivity index (χ3v) is 2.80. The Morgan fingerprint density at radius 2 is 1.86 bits per heavy atom. The summed E-state index contributed by atoms with van der Waals surface area (Å²) in [4.78, 5) is 4.40. The van der Waals surface area contributed by atoms with Gasteiger partial charge in [-0.1, -0.05) is 27.7 Å². The predicted octanol–water partition coefficient (Wildman–Crippen LogP) is 3.19. The van der Waals surface area contributed by atoms with Gasteiger partial charge in [0, 0.05) is 24.9 Å². The molecular formula is C17H30N2O2. The van der Waals surface area contributed by atoms with Crippen molar-refractivity contribution >= 4 is 0 Å². The second-order valence-electron chi connectivity index (χ2n) is 6.30. The Labute approximate surface area is 129 Å². The van der Waals surface area contributed by atoms with Gasteiger partial charge in [0.2, 0.25) is 5.88 Å². The molecule has 0 unspecified atom stereocenters. The van der Waals surface area contributed by atoms with Crippen LogP contribution in [0.1, 0.15) is 39.0 Å². The Hall–Kier alpha value is -1.13. The van der Waals surface area contributed by atoms with Crippen LogP contribution in [-0.4, -0.2) is 31.3 Å². The van der Waals surface area contributed by atoms with Crippen molar-refractivity contribution in [3.63, 3.8) is 0 Å². The molecule has 0 atom stereocenters. The van der Waals surface area contributed by atoms with Crippen molar-refractivity contribution in [2.24, 2.45) is 11.8 Å². The molecule has 0 fully saturated rings. The zero-order valence-corrected chi connectivity index (χ0v) is 14.1. The molecule has 0 aliphatic rings. The first kappa shape index (κ1) is 17.9. The zero-order valence-electron chi connectivity index (χ0n) is 14.1. The quantitative estimate of drug-likeness (QED) is 0.673. The lowest BCUT2D eigenvalue weighted by Crippen LogP contribution is -2.19. The molecule has 0 saturated carbocycles. The summed E-state index contributed by atoms with van der Waals surface area (Å²) < 4.78 is 11.2. The van der Waals surface area contributed by atoms with Gasteiger partial charge in [-0.2, -0.15) is 0 Å². The fourth-order valence-corrected chi connectivity index (χ4v) is 1.91. The largest absolute Gasteiger partial charge is 0.475 e. The maximum absolute atomic E-state index is 5.67. The number of aryl methyl sites for hydroxylation is 1. The first-order valence-electron chi connectivity index (χ1n) is 7.86. The number of pyridine rings is 1. The molecule has 0 aromatic carbocycles. The Bertz CT molecular complexity index is 406. The molecule has 1 heterocycles. The second kappa shape index (κ2) is 9.74. The third kappa shape index (κ3) is 8.68. The summed E-state index contributed by atoms with van der Waals surface area (Å²) in [5.74, 6) is 1.90. The van der Waals surface area contributed by atoms with E-state index in [-0.39, 0.29) is 0 Å². The van der Waals surface area contributed by atoms with Gasteiger partial charge in [0.25, 0.3) is 0 Å². The average Bonchev–Trinajstić information content (AvgIpc) is 2.37. The monoisotopic (exact) mass is 294 g/mol. The van der Waals surface area contributed by atoms with Gasteiger partial charge in [-0.15, -0.1) is 0 Å². The Morgan fingerprint density at radius 1 is 1.10 bits per heavy atom. The molecule has 21 heavy (non-hydrogen) atoms. The maximum Gasteiger partial charge on any atom is 0.213 e. The summed E-state index contributed by atoms with van der Waals surface area (Å²) in [6.45, 7) is 14.5. The number of nitrogens with zero attached hydrogens (tertiary/aromatic N) is 1. The van der Waals surface area contributed by atoms with Crippen molar-refractivity contribution in [2.75, 3.05) is 26.4 Å². The lowest BCUT2D eigenvalue weighted by Gasteiger charge is -2.11. The van der Waals surface area contributed by atoms with E-state index in [4.69, 9.17) is 9.47 Å². The molecule has 4 heteroatoms. The summed E-state index contributed by atoms with van der Waals surface area (Å²) in [5.41, 5.74) is 2.19. The Kier molecular flexibility index (Phi) is 8.31. The molecule has 1 aromatic heterocycles. The van der Waals surface area contributed by atoms with E-state index in [0.717, 1.165) is 25.4 Å². The minimum absolute atomic E-state index is 0.544. The topological polar surface area (TPSA) is 43.4 Å². The van der Waals surface area contributed by atoms with E-state index in [1.807, 2.05) is 13.0 Å². The van der Waals surface area contributed by atoms with Crippen LogP contribution < -0.4 is 10.1 Å². The summed E-state index contributed by atoms with van der Waals surface area (Å²) in [6.07, 6.45) is 0. The fraction of sp³-hybridized carbons (Fsp3) is 0.706. The summed E-state index contributed by atoms with van der Waals surface area (Å²) in [7, 11) is 0. The van der Waals surface area contributed by atoms with Gasteiger partial charge in [0.15, 0.2) is 0 Å². The first-order valence-corrected chi connectivity index (χ1v) is 7.86. The highest BCUT2D eigenvalue weighted by atomic mass is 16.5. The van der Waals surface area contributed by atoms with Crippen LogP contribution in [0, 0.1) is 18.8 Å². The van der Waals surface area contributed by atoms with Gasteiger partial charge in [-0.05, 0) is 36.9 Å². The summed E-state index contributed by atoms with van der Waals surface area (Å²) >= 11 is 0. The second-order valence-corrected chi connectivity index (χ2v) is 6.30. The van der Waals surface area contributed by atoms with Crippen LogP contribution in [0.15, 0.2) is 12.1 Å². The molecule has 1 aromatic rings. The Balaban J connectivity index is 2.38. The molecule has 1 rings (SSSR count). The van der Waals surface area contributed by atoms with E-state index >= 15 is 0 Å². The molecule has 120 valence electrons. The van der Waals surface area contributed by atoms with E-state index in [1.165, 1.54) is 5.56 Å². The zero-order chi connectivity index (χ0) is 15.7. The van der Waals surface area contributed by atoms with Crippen LogP contribution >= 0.6 is 0 Å². The van der Waals surface area contributed by atoms with Crippen molar-refractivity contribution in [1.29, 1.82) is 0 Å². The van der Waals surface area contributed by atoms with Crippen molar-refractivity contribution in [2.45, 2.75) is 41.2 Å². The van der Waals surface area contributed by atoms with Gasteiger partial charge in [-0.3, -0.25) is 0 Å². The summed E-state index contributed by atoms with van der Waals surface area (Å²) in [6, 6.07) is 4.10. The van der Waals surface area contributed by atoms with Gasteiger partial charge >= 0.3 is 0 Å². The van der Waals surface area contributed by atoms with Crippen molar-refractivity contribution < 1.29 is 9.47 Å². The van der Waals surface area contributed by atoms with Crippen LogP contribution in [0.5, 0.6) is 5.88 Å². The number of ether oxygens (including phenoxy) is 2. The number of rotatable bonds is 10. The lowest BCUT2D eigenvalue weighted by atomic mass is 10.2. The average molecular weight is 294 g/mol. The molecule has 0 aliphatic heterocycles. The summed E-state index contributed by atoms with van der Waals surface area (Å²) in [5, 5.41) is 3.44. The van der Waals surface area contributed by atoms with Crippen LogP contribution in [0.2, 0.25) is 0 Å². The lowest BCUT2D eigenvalue weighted by molar-refractivity contribution is 0.0805. The predicted molar refractivity (Wildman–Crippen MR) is 86.7 cm³/mol. The van der Waals surface area contributed by atoms with E-state index < -0.39 is 0 Å². The van der Waals surface area contributed by atoms with Crippen LogP contribution in [-0.2, 0) is 11.3 Å². The smallest absolute Gasteiger partial charge is 0.213 e. The highest BCUT2D eigenvalue weighted by molar-refractivity contribution is 5.24. The SMILES string of the molecule is Cc1cc(CNCC(C)C)cc(OCCOCC(C)C)n1. The van der Waals surface area contributed by atoms with Crippen molar-refractivity contribution in [3.05, 3.63) is 23.4 Å². The molecular weight excluding hydrogens is 264 g/mol. The van der Waals surface area contributed by atoms with E-state index in [2.05, 4.69) is 44.1 Å². The van der Waals surface area contributed by atoms with Crippen LogP contribution in [0.25, 0.3) is 0 Å². The van der Waals surface area contributed by atoms with Crippen molar-refractivity contribution in [1.82, 2.24) is 10.3 Å². The van der Waals surface area contributed by atoms with Crippen molar-refractivity contribution in [3.8, 4) is 5.88 Å². The van der Waals surface area contributed by atoms with E-state index in [0.29, 0.717) is 30.9 Å². The van der Waals surface area contributed by atoms with E-state index in [9.17, 15) is 0 Å². The fourth-order valence-electron chi connectivity index (χ4n) is 1.91. The van der Waals surface area contributed by atoms with E-state index in [1.54, 1.807) is 0 Å². The van der Waals surface area contributed by atoms with Gasteiger partial charge < -0.3 is 14.8 Å². The number of aromatic nitrogens is 1. The highest BCUT2D eigenvalue weighted by Gasteiger charge is 2.03. The van der Waals surface area contributed by atoms with Gasteiger partial charge in [0.05, 0.1) is 6.61 Å². The normalized spacial score (nSPS) is 11.4. The molecule has 0 bridgehead atoms. The van der Waals surface area contributed by atoms with Gasteiger partial charge in [0.1, 0.15) is 6.61 Å². The third-order valence-electron chi connectivity index (χ3n) is 2.80. The van der Waals surface area contributed by atoms with Gasteiger partial charge in [-0.25, -0.2) is 4.98 Å². The standard InChI is InChI=1S/C17H30N2O2/c1-13(2)10-18-11-16-8-15(5)19-17(9-16)21-7-6-20-12-14(3)4/h8-9,13-14,18H,6-7,10-12H2,1-5H3. The molecule has 0 aliphatic carbocycles. The Morgan fingerprint density at radius 3 is 2.52 bits per heavy atom. The molecule has 0 amide bonds. The van der Waals surface area contributed by atoms with Crippen LogP contribution in [0.4, 0.5) is 0 Å². The number of hydrogen-bond donors (Lipinski definition) is 1. The highest BCUT2D eigenvalue weighted by Crippen LogP contribution is 2.12. The molecule has 0 radical (unpaired) electrons. The molecule has 0 saturated heterocycles. The molecule has 0 spiro atoms. The number of nitrogens with one attached hydrogen (secondary N) is 1. The first-order chi connectivity index (χ1) is 9.97. The van der Waals surface area contributed by atoms with Crippen LogP contribution in [0.3, 0.4) is 0 Å². The minimum atomic E-state index is 0.544. The number of hydrogen-bond acceptors (Lipinski definition) is 4.